The molecule has 1 aliphatic heterocycles. The Morgan fingerprint density at radius 3 is 3.05 bits per heavy atom. The van der Waals surface area contributed by atoms with E-state index in [2.05, 4.69) is 4.90 Å². The first-order valence-corrected chi connectivity index (χ1v) is 6.85. The summed E-state index contributed by atoms with van der Waals surface area (Å²) in [5, 5.41) is 9.20. The van der Waals surface area contributed by atoms with Crippen molar-refractivity contribution in [2.24, 2.45) is 0 Å². The number of ether oxygens (including phenoxy) is 2. The number of rotatable bonds is 6. The molecule has 1 N–H and O–H groups in total. The molecule has 0 saturated carbocycles. The lowest BCUT2D eigenvalue weighted by Crippen LogP contribution is -2.42. The summed E-state index contributed by atoms with van der Waals surface area (Å²) in [6.45, 7) is 3.66. The minimum Gasteiger partial charge on any atom is -0.478 e. The third-order valence-electron chi connectivity index (χ3n) is 3.51. The second kappa shape index (κ2) is 7.38. The molecule has 5 nitrogen and oxygen atoms in total. The summed E-state index contributed by atoms with van der Waals surface area (Å²) in [6.07, 6.45) is 1.04. The zero-order valence-electron chi connectivity index (χ0n) is 11.7. The Kier molecular flexibility index (Phi) is 5.52. The Morgan fingerprint density at radius 1 is 1.50 bits per heavy atom. The highest BCUT2D eigenvalue weighted by molar-refractivity contribution is 5.89. The van der Waals surface area contributed by atoms with Gasteiger partial charge in [0.05, 0.1) is 18.3 Å². The van der Waals surface area contributed by atoms with Crippen LogP contribution in [-0.2, 0) is 16.0 Å². The zero-order valence-corrected chi connectivity index (χ0v) is 11.7. The van der Waals surface area contributed by atoms with E-state index in [4.69, 9.17) is 9.47 Å². The molecule has 20 heavy (non-hydrogen) atoms. The van der Waals surface area contributed by atoms with Crippen LogP contribution in [0.4, 0.5) is 0 Å². The topological polar surface area (TPSA) is 59.0 Å². The van der Waals surface area contributed by atoms with Gasteiger partial charge in [0.2, 0.25) is 0 Å². The second-order valence-electron chi connectivity index (χ2n) is 4.97. The first-order chi connectivity index (χ1) is 9.70. The summed E-state index contributed by atoms with van der Waals surface area (Å²) in [4.78, 5) is 13.5. The average Bonchev–Trinajstić information content (AvgIpc) is 2.46. The zero-order chi connectivity index (χ0) is 14.4. The van der Waals surface area contributed by atoms with Gasteiger partial charge in [0.15, 0.2) is 0 Å². The first-order valence-electron chi connectivity index (χ1n) is 6.85. The molecule has 0 bridgehead atoms. The predicted molar refractivity (Wildman–Crippen MR) is 74.9 cm³/mol. The SMILES string of the molecule is COCC[C@H]1CN(Cc2ccccc2C(=O)O)CCO1. The maximum absolute atomic E-state index is 11.2. The molecule has 1 fully saturated rings. The van der Waals surface area contributed by atoms with Crippen LogP contribution in [0, 0.1) is 0 Å². The van der Waals surface area contributed by atoms with Crippen molar-refractivity contribution in [2.75, 3.05) is 33.4 Å². The van der Waals surface area contributed by atoms with Crippen molar-refractivity contribution >= 4 is 5.97 Å². The van der Waals surface area contributed by atoms with Gasteiger partial charge in [0, 0.05) is 33.4 Å². The first kappa shape index (κ1) is 15.0. The number of carboxylic acid groups (broad SMARTS) is 1. The van der Waals surface area contributed by atoms with Crippen LogP contribution in [0.2, 0.25) is 0 Å². The van der Waals surface area contributed by atoms with Crippen LogP contribution in [0.3, 0.4) is 0 Å². The molecule has 0 aromatic heterocycles. The van der Waals surface area contributed by atoms with Crippen LogP contribution in [0.1, 0.15) is 22.3 Å². The molecular weight excluding hydrogens is 258 g/mol. The summed E-state index contributed by atoms with van der Waals surface area (Å²) >= 11 is 0. The summed E-state index contributed by atoms with van der Waals surface area (Å²) in [7, 11) is 1.68. The van der Waals surface area contributed by atoms with Gasteiger partial charge in [-0.2, -0.15) is 0 Å². The Bertz CT molecular complexity index is 449. The van der Waals surface area contributed by atoms with Crippen molar-refractivity contribution < 1.29 is 19.4 Å². The van der Waals surface area contributed by atoms with E-state index in [-0.39, 0.29) is 6.10 Å². The number of morpholine rings is 1. The summed E-state index contributed by atoms with van der Waals surface area (Å²) < 4.78 is 10.8. The van der Waals surface area contributed by atoms with Gasteiger partial charge in [0.25, 0.3) is 0 Å². The standard InChI is InChI=1S/C15H21NO4/c1-19-8-6-13-11-16(7-9-20-13)10-12-4-2-3-5-14(12)15(17)18/h2-5,13H,6-11H2,1H3,(H,17,18)/t13-/m0/s1. The molecule has 0 unspecified atom stereocenters. The van der Waals surface area contributed by atoms with Crippen LogP contribution in [0.5, 0.6) is 0 Å². The van der Waals surface area contributed by atoms with E-state index in [9.17, 15) is 9.90 Å². The van der Waals surface area contributed by atoms with Gasteiger partial charge >= 0.3 is 5.97 Å². The van der Waals surface area contributed by atoms with Crippen molar-refractivity contribution in [1.82, 2.24) is 4.90 Å². The van der Waals surface area contributed by atoms with E-state index in [1.807, 2.05) is 12.1 Å². The Labute approximate surface area is 119 Å². The van der Waals surface area contributed by atoms with Crippen LogP contribution >= 0.6 is 0 Å². The average molecular weight is 279 g/mol. The number of hydrogen-bond donors (Lipinski definition) is 1. The van der Waals surface area contributed by atoms with Gasteiger partial charge in [-0.3, -0.25) is 4.90 Å². The van der Waals surface area contributed by atoms with Gasteiger partial charge in [-0.1, -0.05) is 18.2 Å². The van der Waals surface area contributed by atoms with Crippen molar-refractivity contribution in [3.8, 4) is 0 Å². The molecule has 0 aliphatic carbocycles. The lowest BCUT2D eigenvalue weighted by molar-refractivity contribution is -0.0433. The Hall–Kier alpha value is -1.43. The van der Waals surface area contributed by atoms with Crippen LogP contribution < -0.4 is 0 Å². The van der Waals surface area contributed by atoms with E-state index >= 15 is 0 Å². The fraction of sp³-hybridized carbons (Fsp3) is 0.533. The number of aromatic carboxylic acids is 1. The van der Waals surface area contributed by atoms with Gasteiger partial charge in [-0.05, 0) is 18.1 Å². The highest BCUT2D eigenvalue weighted by atomic mass is 16.5. The molecule has 1 atom stereocenters. The van der Waals surface area contributed by atoms with Gasteiger partial charge < -0.3 is 14.6 Å². The van der Waals surface area contributed by atoms with Crippen LogP contribution in [0.15, 0.2) is 24.3 Å². The highest BCUT2D eigenvalue weighted by Gasteiger charge is 2.21. The van der Waals surface area contributed by atoms with E-state index in [0.29, 0.717) is 25.3 Å². The van der Waals surface area contributed by atoms with E-state index in [1.54, 1.807) is 19.2 Å². The number of hydrogen-bond acceptors (Lipinski definition) is 4. The molecule has 110 valence electrons. The highest BCUT2D eigenvalue weighted by Crippen LogP contribution is 2.15. The lowest BCUT2D eigenvalue weighted by Gasteiger charge is -2.33. The third kappa shape index (κ3) is 4.03. The largest absolute Gasteiger partial charge is 0.478 e. The molecule has 1 aromatic rings. The Morgan fingerprint density at radius 2 is 2.30 bits per heavy atom. The quantitative estimate of drug-likeness (QED) is 0.857. The molecule has 1 aromatic carbocycles. The number of carbonyl (C=O) groups is 1. The second-order valence-corrected chi connectivity index (χ2v) is 4.97. The fourth-order valence-electron chi connectivity index (χ4n) is 2.46. The lowest BCUT2D eigenvalue weighted by atomic mass is 10.1. The maximum Gasteiger partial charge on any atom is 0.336 e. The fourth-order valence-corrected chi connectivity index (χ4v) is 2.46. The minimum atomic E-state index is -0.871. The molecule has 1 saturated heterocycles. The number of carboxylic acids is 1. The number of benzene rings is 1. The molecule has 5 heteroatoms. The van der Waals surface area contributed by atoms with Crippen molar-refractivity contribution in [3.63, 3.8) is 0 Å². The molecule has 0 spiro atoms. The van der Waals surface area contributed by atoms with Gasteiger partial charge in [-0.25, -0.2) is 4.79 Å². The van der Waals surface area contributed by atoms with E-state index < -0.39 is 5.97 Å². The van der Waals surface area contributed by atoms with Crippen molar-refractivity contribution in [2.45, 2.75) is 19.1 Å². The monoisotopic (exact) mass is 279 g/mol. The third-order valence-corrected chi connectivity index (χ3v) is 3.51. The molecule has 0 radical (unpaired) electrons. The molecule has 1 aliphatic rings. The number of nitrogens with zero attached hydrogens (tertiary/aromatic N) is 1. The normalized spacial score (nSPS) is 19.9. The predicted octanol–water partition coefficient (Wildman–Crippen LogP) is 1.62. The van der Waals surface area contributed by atoms with Crippen molar-refractivity contribution in [1.29, 1.82) is 0 Å². The Balaban J connectivity index is 1.97. The number of methoxy groups -OCH3 is 1. The molecular formula is C15H21NO4. The van der Waals surface area contributed by atoms with Crippen LogP contribution in [-0.4, -0.2) is 55.5 Å². The molecule has 0 amide bonds. The maximum atomic E-state index is 11.2. The summed E-state index contributed by atoms with van der Waals surface area (Å²) in [6, 6.07) is 7.17. The molecule has 1 heterocycles. The van der Waals surface area contributed by atoms with E-state index in [0.717, 1.165) is 25.1 Å². The van der Waals surface area contributed by atoms with Crippen molar-refractivity contribution in [3.05, 3.63) is 35.4 Å². The van der Waals surface area contributed by atoms with Gasteiger partial charge in [-0.15, -0.1) is 0 Å². The minimum absolute atomic E-state index is 0.167. The smallest absolute Gasteiger partial charge is 0.336 e. The van der Waals surface area contributed by atoms with E-state index in [1.165, 1.54) is 0 Å². The summed E-state index contributed by atoms with van der Waals surface area (Å²) in [5.74, 6) is -0.871. The summed E-state index contributed by atoms with van der Waals surface area (Å²) in [5.41, 5.74) is 1.24. The molecule has 2 rings (SSSR count). The van der Waals surface area contributed by atoms with Gasteiger partial charge in [0.1, 0.15) is 0 Å². The van der Waals surface area contributed by atoms with Crippen LogP contribution in [0.25, 0.3) is 0 Å².